The van der Waals surface area contributed by atoms with Gasteiger partial charge < -0.3 is 5.73 Å². The number of nitrogens with two attached hydrogens (primary N) is 1. The molecule has 3 heteroatoms. The first-order valence-corrected chi connectivity index (χ1v) is 5.31. The van der Waals surface area contributed by atoms with Gasteiger partial charge in [-0.1, -0.05) is 11.6 Å². The number of hydrogen-bond acceptors (Lipinski definition) is 1. The normalized spacial score (nSPS) is 10.6. The lowest BCUT2D eigenvalue weighted by Gasteiger charge is -2.10. The molecule has 0 spiro atoms. The van der Waals surface area contributed by atoms with Crippen LogP contribution in [0.15, 0.2) is 30.3 Å². The van der Waals surface area contributed by atoms with Gasteiger partial charge in [0.1, 0.15) is 11.6 Å². The predicted octanol–water partition coefficient (Wildman–Crippen LogP) is 3.83. The third-order valence-corrected chi connectivity index (χ3v) is 2.76. The Kier molecular flexibility index (Phi) is 2.84. The highest BCUT2D eigenvalue weighted by molar-refractivity contribution is 5.72. The lowest BCUT2D eigenvalue weighted by atomic mass is 9.98. The molecular weight excluding hydrogens is 220 g/mol. The molecule has 0 aliphatic carbocycles. The van der Waals surface area contributed by atoms with E-state index >= 15 is 0 Å². The van der Waals surface area contributed by atoms with Crippen molar-refractivity contribution in [2.24, 2.45) is 0 Å². The van der Waals surface area contributed by atoms with Crippen LogP contribution in [0.2, 0.25) is 0 Å². The molecule has 0 radical (unpaired) electrons. The van der Waals surface area contributed by atoms with Crippen molar-refractivity contribution in [3.05, 3.63) is 53.1 Å². The summed E-state index contributed by atoms with van der Waals surface area (Å²) >= 11 is 0. The fourth-order valence-corrected chi connectivity index (χ4v) is 1.83. The van der Waals surface area contributed by atoms with Crippen LogP contribution < -0.4 is 5.73 Å². The van der Waals surface area contributed by atoms with Crippen LogP contribution in [0.4, 0.5) is 14.5 Å². The summed E-state index contributed by atoms with van der Waals surface area (Å²) in [6.07, 6.45) is 0. The topological polar surface area (TPSA) is 26.0 Å². The highest BCUT2D eigenvalue weighted by Gasteiger charge is 2.11. The Balaban J connectivity index is 2.68. The average molecular weight is 233 g/mol. The molecule has 0 amide bonds. The van der Waals surface area contributed by atoms with Gasteiger partial charge in [-0.3, -0.25) is 0 Å². The third-order valence-electron chi connectivity index (χ3n) is 2.76. The van der Waals surface area contributed by atoms with Crippen LogP contribution >= 0.6 is 0 Å². The van der Waals surface area contributed by atoms with Crippen molar-refractivity contribution in [1.82, 2.24) is 0 Å². The van der Waals surface area contributed by atoms with Gasteiger partial charge >= 0.3 is 0 Å². The van der Waals surface area contributed by atoms with E-state index in [0.29, 0.717) is 16.7 Å². The second kappa shape index (κ2) is 4.17. The Morgan fingerprint density at radius 3 is 2.29 bits per heavy atom. The molecule has 2 aromatic rings. The van der Waals surface area contributed by atoms with Crippen molar-refractivity contribution < 1.29 is 8.78 Å². The zero-order valence-electron chi connectivity index (χ0n) is 9.72. The molecule has 0 bridgehead atoms. The van der Waals surface area contributed by atoms with Gasteiger partial charge in [-0.25, -0.2) is 8.78 Å². The quantitative estimate of drug-likeness (QED) is 0.744. The van der Waals surface area contributed by atoms with Crippen LogP contribution in [0, 0.1) is 25.5 Å². The Morgan fingerprint density at radius 1 is 0.882 bits per heavy atom. The lowest BCUT2D eigenvalue weighted by Crippen LogP contribution is -1.95. The van der Waals surface area contributed by atoms with Gasteiger partial charge in [0.05, 0.1) is 5.69 Å². The van der Waals surface area contributed by atoms with E-state index in [-0.39, 0.29) is 11.5 Å². The first kappa shape index (κ1) is 11.6. The second-order valence-electron chi connectivity index (χ2n) is 4.17. The Labute approximate surface area is 98.9 Å². The molecule has 2 aromatic carbocycles. The monoisotopic (exact) mass is 233 g/mol. The molecule has 88 valence electrons. The summed E-state index contributed by atoms with van der Waals surface area (Å²) in [6.45, 7) is 3.62. The fraction of sp³-hybridized carbons (Fsp3) is 0.143. The van der Waals surface area contributed by atoms with Gasteiger partial charge in [-0.05, 0) is 49.2 Å². The number of nitrogen functional groups attached to an aromatic ring is 1. The number of benzene rings is 2. The molecule has 1 nitrogen and oxygen atoms in total. The minimum atomic E-state index is -0.473. The summed E-state index contributed by atoms with van der Waals surface area (Å²) in [7, 11) is 0. The summed E-state index contributed by atoms with van der Waals surface area (Å²) < 4.78 is 27.0. The summed E-state index contributed by atoms with van der Waals surface area (Å²) in [5.41, 5.74) is 8.25. The van der Waals surface area contributed by atoms with Crippen molar-refractivity contribution in [2.45, 2.75) is 13.8 Å². The van der Waals surface area contributed by atoms with Crippen molar-refractivity contribution >= 4 is 5.69 Å². The number of aryl methyl sites for hydroxylation is 2. The number of hydrogen-bond donors (Lipinski definition) is 1. The molecule has 0 aliphatic rings. The van der Waals surface area contributed by atoms with Crippen molar-refractivity contribution in [2.75, 3.05) is 5.73 Å². The highest BCUT2D eigenvalue weighted by Crippen LogP contribution is 2.30. The van der Waals surface area contributed by atoms with E-state index in [9.17, 15) is 8.78 Å². The van der Waals surface area contributed by atoms with Crippen molar-refractivity contribution in [3.8, 4) is 11.1 Å². The molecule has 0 saturated heterocycles. The van der Waals surface area contributed by atoms with Crippen LogP contribution in [0.5, 0.6) is 0 Å². The Morgan fingerprint density at radius 2 is 1.59 bits per heavy atom. The summed E-state index contributed by atoms with van der Waals surface area (Å²) in [4.78, 5) is 0. The van der Waals surface area contributed by atoms with E-state index in [1.54, 1.807) is 19.1 Å². The fourth-order valence-electron chi connectivity index (χ4n) is 1.83. The molecule has 0 unspecified atom stereocenters. The van der Waals surface area contributed by atoms with Gasteiger partial charge in [0.15, 0.2) is 0 Å². The second-order valence-corrected chi connectivity index (χ2v) is 4.17. The maximum atomic E-state index is 13.7. The molecule has 2 N–H and O–H groups in total. The van der Waals surface area contributed by atoms with Crippen molar-refractivity contribution in [1.29, 1.82) is 0 Å². The molecular formula is C14H13F2N. The minimum Gasteiger partial charge on any atom is -0.396 e. The van der Waals surface area contributed by atoms with Crippen LogP contribution in [-0.4, -0.2) is 0 Å². The van der Waals surface area contributed by atoms with Crippen LogP contribution in [-0.2, 0) is 0 Å². The lowest BCUT2D eigenvalue weighted by molar-refractivity contribution is 0.627. The molecule has 0 saturated carbocycles. The maximum absolute atomic E-state index is 13.7. The van der Waals surface area contributed by atoms with Crippen LogP contribution in [0.3, 0.4) is 0 Å². The largest absolute Gasteiger partial charge is 0.396 e. The van der Waals surface area contributed by atoms with Gasteiger partial charge in [0.2, 0.25) is 0 Å². The van der Waals surface area contributed by atoms with E-state index in [0.717, 1.165) is 5.56 Å². The summed E-state index contributed by atoms with van der Waals surface area (Å²) in [5.74, 6) is -0.802. The molecule has 0 aromatic heterocycles. The third kappa shape index (κ3) is 2.13. The minimum absolute atomic E-state index is 0.0338. The number of halogens is 2. The first-order valence-electron chi connectivity index (χ1n) is 5.31. The van der Waals surface area contributed by atoms with E-state index in [4.69, 9.17) is 5.73 Å². The summed E-state index contributed by atoms with van der Waals surface area (Å²) in [5, 5.41) is 0. The van der Waals surface area contributed by atoms with Gasteiger partial charge in [0.25, 0.3) is 0 Å². The van der Waals surface area contributed by atoms with Gasteiger partial charge in [0, 0.05) is 5.56 Å². The molecule has 2 rings (SSSR count). The Hall–Kier alpha value is -1.90. The molecule has 0 heterocycles. The van der Waals surface area contributed by atoms with Crippen LogP contribution in [0.25, 0.3) is 11.1 Å². The molecule has 0 atom stereocenters. The average Bonchev–Trinajstić information content (AvgIpc) is 2.27. The SMILES string of the molecule is Cc1ccc(F)c(-c2cc(N)c(F)cc2C)c1. The number of rotatable bonds is 1. The molecule has 0 aliphatic heterocycles. The zero-order chi connectivity index (χ0) is 12.6. The zero-order valence-corrected chi connectivity index (χ0v) is 9.72. The van der Waals surface area contributed by atoms with E-state index in [2.05, 4.69) is 0 Å². The smallest absolute Gasteiger partial charge is 0.146 e. The molecule has 17 heavy (non-hydrogen) atoms. The number of anilines is 1. The van der Waals surface area contributed by atoms with Crippen LogP contribution in [0.1, 0.15) is 11.1 Å². The molecule has 0 fully saturated rings. The Bertz CT molecular complexity index is 577. The predicted molar refractivity (Wildman–Crippen MR) is 65.7 cm³/mol. The first-order chi connectivity index (χ1) is 7.99. The standard InChI is InChI=1S/C14H13F2N/c1-8-3-4-12(15)11(5-8)10-7-14(17)13(16)6-9(10)2/h3-7H,17H2,1-2H3. The van der Waals surface area contributed by atoms with E-state index in [1.165, 1.54) is 18.2 Å². The van der Waals surface area contributed by atoms with Crippen molar-refractivity contribution in [3.63, 3.8) is 0 Å². The highest BCUT2D eigenvalue weighted by atomic mass is 19.1. The van der Waals surface area contributed by atoms with Gasteiger partial charge in [-0.2, -0.15) is 0 Å². The summed E-state index contributed by atoms with van der Waals surface area (Å²) in [6, 6.07) is 7.63. The maximum Gasteiger partial charge on any atom is 0.146 e. The van der Waals surface area contributed by atoms with E-state index < -0.39 is 5.82 Å². The van der Waals surface area contributed by atoms with Gasteiger partial charge in [-0.15, -0.1) is 0 Å². The van der Waals surface area contributed by atoms with E-state index in [1.807, 2.05) is 6.92 Å².